The van der Waals surface area contributed by atoms with Gasteiger partial charge in [0.2, 0.25) is 17.7 Å². The second-order valence-corrected chi connectivity index (χ2v) is 5.95. The van der Waals surface area contributed by atoms with E-state index in [4.69, 9.17) is 9.47 Å². The number of amides is 3. The highest BCUT2D eigenvalue weighted by atomic mass is 16.7. The van der Waals surface area contributed by atoms with Crippen molar-refractivity contribution in [3.05, 3.63) is 0 Å². The number of piperidine rings is 1. The van der Waals surface area contributed by atoms with Crippen LogP contribution in [0.3, 0.4) is 0 Å². The first-order valence-electron chi connectivity index (χ1n) is 8.02. The van der Waals surface area contributed by atoms with Crippen LogP contribution in [0, 0.1) is 0 Å². The van der Waals surface area contributed by atoms with E-state index in [9.17, 15) is 14.4 Å². The van der Waals surface area contributed by atoms with Crippen LogP contribution in [0.1, 0.15) is 38.5 Å². The van der Waals surface area contributed by atoms with Crippen molar-refractivity contribution in [2.45, 2.75) is 50.9 Å². The van der Waals surface area contributed by atoms with E-state index in [-0.39, 0.29) is 55.9 Å². The molecule has 3 fully saturated rings. The number of ether oxygens (including phenoxy) is 2. The summed E-state index contributed by atoms with van der Waals surface area (Å²) in [4.78, 5) is 38.7. The Kier molecular flexibility index (Phi) is 4.73. The van der Waals surface area contributed by atoms with Crippen LogP contribution in [0.25, 0.3) is 0 Å². The number of likely N-dealkylation sites (tertiary alicyclic amines) is 2. The molecule has 0 radical (unpaired) electrons. The van der Waals surface area contributed by atoms with Gasteiger partial charge >= 0.3 is 0 Å². The van der Waals surface area contributed by atoms with Crippen molar-refractivity contribution in [2.24, 2.45) is 0 Å². The van der Waals surface area contributed by atoms with Crippen LogP contribution in [0.4, 0.5) is 0 Å². The lowest BCUT2D eigenvalue weighted by atomic mass is 10.0. The first-order chi connectivity index (χ1) is 10.7. The fourth-order valence-corrected chi connectivity index (χ4v) is 3.37. The van der Waals surface area contributed by atoms with Gasteiger partial charge in [-0.25, -0.2) is 0 Å². The minimum absolute atomic E-state index is 0.0312. The van der Waals surface area contributed by atoms with Gasteiger partial charge in [0.05, 0.1) is 19.3 Å². The number of rotatable bonds is 4. The van der Waals surface area contributed by atoms with Crippen LogP contribution in [0.2, 0.25) is 0 Å². The molecule has 122 valence electrons. The topological polar surface area (TPSA) is 76.2 Å². The molecule has 1 atom stereocenters. The van der Waals surface area contributed by atoms with E-state index in [1.165, 1.54) is 4.90 Å². The zero-order valence-electron chi connectivity index (χ0n) is 12.7. The molecular formula is C15H22N2O5. The zero-order chi connectivity index (χ0) is 15.5. The molecule has 3 rings (SSSR count). The Morgan fingerprint density at radius 1 is 1.09 bits per heavy atom. The molecule has 0 aromatic rings. The van der Waals surface area contributed by atoms with Gasteiger partial charge in [-0.05, 0) is 19.3 Å². The molecule has 1 unspecified atom stereocenters. The van der Waals surface area contributed by atoms with E-state index in [1.807, 2.05) is 4.90 Å². The molecule has 0 aromatic heterocycles. The van der Waals surface area contributed by atoms with Crippen LogP contribution in [0.5, 0.6) is 0 Å². The van der Waals surface area contributed by atoms with Gasteiger partial charge in [0.25, 0.3) is 0 Å². The smallest absolute Gasteiger partial charge is 0.229 e. The van der Waals surface area contributed by atoms with Gasteiger partial charge in [-0.3, -0.25) is 19.3 Å². The van der Waals surface area contributed by atoms with E-state index >= 15 is 0 Å². The predicted molar refractivity (Wildman–Crippen MR) is 75.6 cm³/mol. The highest BCUT2D eigenvalue weighted by Gasteiger charge is 2.37. The molecule has 22 heavy (non-hydrogen) atoms. The SMILES string of the molecule is O=C1CCC(=O)N1CCC(=O)N1CCCCC1C1OCCO1. The monoisotopic (exact) mass is 310 g/mol. The van der Waals surface area contributed by atoms with Crippen LogP contribution < -0.4 is 0 Å². The fraction of sp³-hybridized carbons (Fsp3) is 0.800. The van der Waals surface area contributed by atoms with Gasteiger partial charge in [0.1, 0.15) is 0 Å². The van der Waals surface area contributed by atoms with Gasteiger partial charge in [0, 0.05) is 32.4 Å². The number of carbonyl (C=O) groups excluding carboxylic acids is 3. The van der Waals surface area contributed by atoms with Crippen molar-refractivity contribution in [3.63, 3.8) is 0 Å². The average Bonchev–Trinajstić information content (AvgIpc) is 3.16. The number of hydrogen-bond donors (Lipinski definition) is 0. The molecule has 0 bridgehead atoms. The van der Waals surface area contributed by atoms with Crippen molar-refractivity contribution in [1.82, 2.24) is 9.80 Å². The first kappa shape index (κ1) is 15.4. The highest BCUT2D eigenvalue weighted by Crippen LogP contribution is 2.25. The summed E-state index contributed by atoms with van der Waals surface area (Å²) >= 11 is 0. The maximum atomic E-state index is 12.5. The number of hydrogen-bond acceptors (Lipinski definition) is 5. The normalized spacial score (nSPS) is 27.0. The Hall–Kier alpha value is -1.47. The summed E-state index contributed by atoms with van der Waals surface area (Å²) < 4.78 is 11.1. The van der Waals surface area contributed by atoms with Crippen molar-refractivity contribution in [2.75, 3.05) is 26.3 Å². The van der Waals surface area contributed by atoms with Crippen LogP contribution in [-0.4, -0.2) is 66.2 Å². The van der Waals surface area contributed by atoms with E-state index in [1.54, 1.807) is 0 Å². The van der Waals surface area contributed by atoms with Crippen LogP contribution >= 0.6 is 0 Å². The number of imide groups is 1. The van der Waals surface area contributed by atoms with Crippen molar-refractivity contribution in [1.29, 1.82) is 0 Å². The molecule has 0 aromatic carbocycles. The Morgan fingerprint density at radius 2 is 1.77 bits per heavy atom. The molecule has 3 saturated heterocycles. The lowest BCUT2D eigenvalue weighted by molar-refractivity contribution is -0.151. The third kappa shape index (κ3) is 3.15. The number of nitrogens with zero attached hydrogens (tertiary/aromatic N) is 2. The molecule has 0 saturated carbocycles. The molecule has 7 heteroatoms. The van der Waals surface area contributed by atoms with Gasteiger partial charge in [-0.1, -0.05) is 0 Å². The summed E-state index contributed by atoms with van der Waals surface area (Å²) in [5, 5.41) is 0. The average molecular weight is 310 g/mol. The van der Waals surface area contributed by atoms with Crippen molar-refractivity contribution < 1.29 is 23.9 Å². The van der Waals surface area contributed by atoms with Crippen LogP contribution in [0.15, 0.2) is 0 Å². The third-order valence-corrected chi connectivity index (χ3v) is 4.54. The second-order valence-electron chi connectivity index (χ2n) is 5.95. The molecule has 3 aliphatic rings. The molecule has 0 spiro atoms. The quantitative estimate of drug-likeness (QED) is 0.697. The van der Waals surface area contributed by atoms with E-state index in [2.05, 4.69) is 0 Å². The maximum absolute atomic E-state index is 12.5. The molecule has 7 nitrogen and oxygen atoms in total. The lowest BCUT2D eigenvalue weighted by Crippen LogP contribution is -2.50. The standard InChI is InChI=1S/C15H22N2O5/c18-12-4-5-13(19)17(12)8-6-14(20)16-7-2-1-3-11(16)15-21-9-10-22-15/h11,15H,1-10H2. The summed E-state index contributed by atoms with van der Waals surface area (Å²) in [5.41, 5.74) is 0. The largest absolute Gasteiger partial charge is 0.348 e. The predicted octanol–water partition coefficient (Wildman–Crippen LogP) is 0.279. The van der Waals surface area contributed by atoms with Gasteiger partial charge < -0.3 is 14.4 Å². The first-order valence-corrected chi connectivity index (χ1v) is 8.02. The Labute approximate surface area is 129 Å². The lowest BCUT2D eigenvalue weighted by Gasteiger charge is -2.38. The summed E-state index contributed by atoms with van der Waals surface area (Å²) in [7, 11) is 0. The minimum atomic E-state index is -0.334. The zero-order valence-corrected chi connectivity index (χ0v) is 12.7. The Bertz CT molecular complexity index is 445. The molecule has 0 N–H and O–H groups in total. The van der Waals surface area contributed by atoms with Gasteiger partial charge in [-0.15, -0.1) is 0 Å². The van der Waals surface area contributed by atoms with Gasteiger partial charge in [-0.2, -0.15) is 0 Å². The van der Waals surface area contributed by atoms with Crippen molar-refractivity contribution in [3.8, 4) is 0 Å². The summed E-state index contributed by atoms with van der Waals surface area (Å²) in [6, 6.07) is -0.0475. The highest BCUT2D eigenvalue weighted by molar-refractivity contribution is 6.02. The summed E-state index contributed by atoms with van der Waals surface area (Å²) in [6.45, 7) is 2.01. The van der Waals surface area contributed by atoms with E-state index in [0.717, 1.165) is 19.3 Å². The Balaban J connectivity index is 1.57. The number of carbonyl (C=O) groups is 3. The van der Waals surface area contributed by atoms with E-state index < -0.39 is 0 Å². The molecule has 0 aliphatic carbocycles. The fourth-order valence-electron chi connectivity index (χ4n) is 3.37. The van der Waals surface area contributed by atoms with Crippen molar-refractivity contribution >= 4 is 17.7 Å². The molecule has 3 heterocycles. The molecular weight excluding hydrogens is 288 g/mol. The third-order valence-electron chi connectivity index (χ3n) is 4.54. The second kappa shape index (κ2) is 6.75. The molecule has 3 amide bonds. The summed E-state index contributed by atoms with van der Waals surface area (Å²) in [5.74, 6) is -0.373. The minimum Gasteiger partial charge on any atom is -0.348 e. The van der Waals surface area contributed by atoms with Gasteiger partial charge in [0.15, 0.2) is 6.29 Å². The van der Waals surface area contributed by atoms with Crippen LogP contribution in [-0.2, 0) is 23.9 Å². The summed E-state index contributed by atoms with van der Waals surface area (Å²) in [6.07, 6.45) is 3.28. The maximum Gasteiger partial charge on any atom is 0.229 e. The van der Waals surface area contributed by atoms with E-state index in [0.29, 0.717) is 19.8 Å². The molecule has 3 aliphatic heterocycles. The Morgan fingerprint density at radius 3 is 2.45 bits per heavy atom.